The summed E-state index contributed by atoms with van der Waals surface area (Å²) in [6, 6.07) is 29.9. The fourth-order valence-electron chi connectivity index (χ4n) is 3.56. The van der Waals surface area contributed by atoms with E-state index in [1.54, 1.807) is 0 Å². The molecule has 3 nitrogen and oxygen atoms in total. The molecule has 0 heterocycles. The number of nitrogen functional groups attached to an aromatic ring is 3. The number of hydrogen-bond donors (Lipinski definition) is 3. The molecule has 0 atom stereocenters. The van der Waals surface area contributed by atoms with E-state index in [2.05, 4.69) is 0 Å². The largest absolute Gasteiger partial charge is 0.398 e. The Kier molecular flexibility index (Phi) is 4.27. The van der Waals surface area contributed by atoms with Crippen LogP contribution in [0.5, 0.6) is 0 Å². The van der Waals surface area contributed by atoms with Gasteiger partial charge in [0.05, 0.1) is 17.1 Å². The summed E-state index contributed by atoms with van der Waals surface area (Å²) in [7, 11) is 0. The summed E-state index contributed by atoms with van der Waals surface area (Å²) in [6.45, 7) is 0. The molecule has 0 saturated heterocycles. The quantitative estimate of drug-likeness (QED) is 0.430. The van der Waals surface area contributed by atoms with Crippen molar-refractivity contribution < 1.29 is 0 Å². The molecule has 4 aromatic rings. The van der Waals surface area contributed by atoms with Crippen LogP contribution in [-0.4, -0.2) is 0 Å². The molecular weight excluding hydrogens is 330 g/mol. The van der Waals surface area contributed by atoms with Gasteiger partial charge in [0.15, 0.2) is 0 Å². The van der Waals surface area contributed by atoms with Crippen LogP contribution >= 0.6 is 0 Å². The Morgan fingerprint density at radius 2 is 0.556 bits per heavy atom. The minimum atomic E-state index is 0.599. The van der Waals surface area contributed by atoms with Crippen LogP contribution in [0.15, 0.2) is 91.0 Å². The second kappa shape index (κ2) is 6.89. The minimum absolute atomic E-state index is 0.599. The SMILES string of the molecule is Nc1c(-c2ccccc2)c(N)c(-c2ccccc2)c(N)c1-c1ccccc1. The first-order chi connectivity index (χ1) is 13.2. The van der Waals surface area contributed by atoms with Crippen molar-refractivity contribution in [2.24, 2.45) is 0 Å². The second-order valence-corrected chi connectivity index (χ2v) is 6.46. The Labute approximate surface area is 159 Å². The van der Waals surface area contributed by atoms with E-state index in [0.717, 1.165) is 33.4 Å². The van der Waals surface area contributed by atoms with Crippen LogP contribution in [0, 0.1) is 0 Å². The standard InChI is InChI=1S/C24H21N3/c25-22-19(16-10-4-1-5-11-16)23(26)21(18-14-8-3-9-15-18)24(27)20(22)17-12-6-2-7-13-17/h1-15H,25-27H2. The fourth-order valence-corrected chi connectivity index (χ4v) is 3.56. The molecule has 0 spiro atoms. The summed E-state index contributed by atoms with van der Waals surface area (Å²) in [5, 5.41) is 0. The average molecular weight is 351 g/mol. The predicted octanol–water partition coefficient (Wildman–Crippen LogP) is 5.43. The van der Waals surface area contributed by atoms with E-state index in [1.807, 2.05) is 91.0 Å². The molecule has 3 heteroatoms. The summed E-state index contributed by atoms with van der Waals surface area (Å²) in [5.41, 5.74) is 27.1. The fraction of sp³-hybridized carbons (Fsp3) is 0. The molecule has 0 aliphatic heterocycles. The van der Waals surface area contributed by atoms with Gasteiger partial charge in [0.1, 0.15) is 0 Å². The number of benzene rings is 4. The Bertz CT molecular complexity index is 910. The molecule has 0 radical (unpaired) electrons. The second-order valence-electron chi connectivity index (χ2n) is 6.46. The Hall–Kier alpha value is -3.72. The van der Waals surface area contributed by atoms with Gasteiger partial charge in [0.25, 0.3) is 0 Å². The molecule has 4 rings (SSSR count). The molecule has 0 bridgehead atoms. The highest BCUT2D eigenvalue weighted by atomic mass is 14.7. The summed E-state index contributed by atoms with van der Waals surface area (Å²) in [5.74, 6) is 0. The smallest absolute Gasteiger partial charge is 0.0515 e. The van der Waals surface area contributed by atoms with E-state index in [9.17, 15) is 0 Å². The van der Waals surface area contributed by atoms with Gasteiger partial charge in [-0.05, 0) is 16.7 Å². The van der Waals surface area contributed by atoms with Crippen molar-refractivity contribution in [3.8, 4) is 33.4 Å². The average Bonchev–Trinajstić information content (AvgIpc) is 2.70. The maximum atomic E-state index is 6.64. The predicted molar refractivity (Wildman–Crippen MR) is 116 cm³/mol. The van der Waals surface area contributed by atoms with Crippen molar-refractivity contribution in [3.05, 3.63) is 91.0 Å². The molecule has 0 aromatic heterocycles. The Morgan fingerprint density at radius 1 is 0.333 bits per heavy atom. The molecular formula is C24H21N3. The van der Waals surface area contributed by atoms with Crippen LogP contribution in [0.1, 0.15) is 0 Å². The van der Waals surface area contributed by atoms with Crippen molar-refractivity contribution in [1.29, 1.82) is 0 Å². The third-order valence-corrected chi connectivity index (χ3v) is 4.80. The monoisotopic (exact) mass is 351 g/mol. The highest BCUT2D eigenvalue weighted by Gasteiger charge is 2.22. The van der Waals surface area contributed by atoms with Crippen molar-refractivity contribution in [2.45, 2.75) is 0 Å². The van der Waals surface area contributed by atoms with E-state index in [4.69, 9.17) is 17.2 Å². The van der Waals surface area contributed by atoms with Gasteiger partial charge in [0.2, 0.25) is 0 Å². The zero-order valence-electron chi connectivity index (χ0n) is 14.9. The van der Waals surface area contributed by atoms with Crippen molar-refractivity contribution in [1.82, 2.24) is 0 Å². The van der Waals surface area contributed by atoms with Crippen molar-refractivity contribution in [3.63, 3.8) is 0 Å². The van der Waals surface area contributed by atoms with E-state index in [-0.39, 0.29) is 0 Å². The van der Waals surface area contributed by atoms with Gasteiger partial charge in [-0.15, -0.1) is 0 Å². The molecule has 0 fully saturated rings. The lowest BCUT2D eigenvalue weighted by Gasteiger charge is -2.22. The number of nitrogens with two attached hydrogens (primary N) is 3. The minimum Gasteiger partial charge on any atom is -0.398 e. The maximum Gasteiger partial charge on any atom is 0.0515 e. The molecule has 0 saturated carbocycles. The first kappa shape index (κ1) is 16.7. The molecule has 6 N–H and O–H groups in total. The van der Waals surface area contributed by atoms with Gasteiger partial charge in [0, 0.05) is 16.7 Å². The van der Waals surface area contributed by atoms with Gasteiger partial charge in [-0.2, -0.15) is 0 Å². The number of anilines is 3. The van der Waals surface area contributed by atoms with E-state index < -0.39 is 0 Å². The van der Waals surface area contributed by atoms with Crippen LogP contribution in [-0.2, 0) is 0 Å². The lowest BCUT2D eigenvalue weighted by Crippen LogP contribution is -2.06. The van der Waals surface area contributed by atoms with Crippen LogP contribution in [0.2, 0.25) is 0 Å². The Morgan fingerprint density at radius 3 is 0.778 bits per heavy atom. The van der Waals surface area contributed by atoms with Crippen molar-refractivity contribution >= 4 is 17.1 Å². The van der Waals surface area contributed by atoms with Crippen LogP contribution < -0.4 is 17.2 Å². The molecule has 27 heavy (non-hydrogen) atoms. The molecule has 0 amide bonds. The molecule has 4 aromatic carbocycles. The lowest BCUT2D eigenvalue weighted by molar-refractivity contribution is 1.55. The maximum absolute atomic E-state index is 6.64. The first-order valence-corrected chi connectivity index (χ1v) is 8.85. The normalized spacial score (nSPS) is 10.7. The van der Waals surface area contributed by atoms with Crippen molar-refractivity contribution in [2.75, 3.05) is 17.2 Å². The van der Waals surface area contributed by atoms with E-state index in [1.165, 1.54) is 0 Å². The Balaban J connectivity index is 2.12. The third-order valence-electron chi connectivity index (χ3n) is 4.80. The summed E-state index contributed by atoms with van der Waals surface area (Å²) in [6.07, 6.45) is 0. The lowest BCUT2D eigenvalue weighted by atomic mass is 9.87. The highest BCUT2D eigenvalue weighted by Crippen LogP contribution is 2.49. The van der Waals surface area contributed by atoms with E-state index in [0.29, 0.717) is 17.1 Å². The topological polar surface area (TPSA) is 78.1 Å². The summed E-state index contributed by atoms with van der Waals surface area (Å²) < 4.78 is 0. The van der Waals surface area contributed by atoms with Gasteiger partial charge in [-0.25, -0.2) is 0 Å². The molecule has 132 valence electrons. The zero-order valence-corrected chi connectivity index (χ0v) is 14.9. The molecule has 0 unspecified atom stereocenters. The van der Waals surface area contributed by atoms with Crippen LogP contribution in [0.3, 0.4) is 0 Å². The summed E-state index contributed by atoms with van der Waals surface area (Å²) in [4.78, 5) is 0. The summed E-state index contributed by atoms with van der Waals surface area (Å²) >= 11 is 0. The van der Waals surface area contributed by atoms with E-state index >= 15 is 0 Å². The number of hydrogen-bond acceptors (Lipinski definition) is 3. The zero-order chi connectivity index (χ0) is 18.8. The first-order valence-electron chi connectivity index (χ1n) is 8.85. The van der Waals surface area contributed by atoms with Gasteiger partial charge >= 0.3 is 0 Å². The third kappa shape index (κ3) is 2.89. The molecule has 0 aliphatic rings. The molecule has 0 aliphatic carbocycles. The van der Waals surface area contributed by atoms with Gasteiger partial charge in [-0.3, -0.25) is 0 Å². The van der Waals surface area contributed by atoms with Crippen LogP contribution in [0.25, 0.3) is 33.4 Å². The number of rotatable bonds is 3. The van der Waals surface area contributed by atoms with Gasteiger partial charge in [-0.1, -0.05) is 91.0 Å². The highest BCUT2D eigenvalue weighted by molar-refractivity contribution is 6.09. The van der Waals surface area contributed by atoms with Crippen LogP contribution in [0.4, 0.5) is 17.1 Å². The van der Waals surface area contributed by atoms with Gasteiger partial charge < -0.3 is 17.2 Å².